The zero-order valence-electron chi connectivity index (χ0n) is 6.43. The van der Waals surface area contributed by atoms with Crippen LogP contribution in [0.4, 0.5) is 0 Å². The lowest BCUT2D eigenvalue weighted by Gasteiger charge is -2.02. The first kappa shape index (κ1) is 8.04. The summed E-state index contributed by atoms with van der Waals surface area (Å²) in [7, 11) is 0. The van der Waals surface area contributed by atoms with E-state index >= 15 is 0 Å². The smallest absolute Gasteiger partial charge is 0.126 e. The van der Waals surface area contributed by atoms with Crippen molar-refractivity contribution in [1.29, 1.82) is 0 Å². The second-order valence-electron chi connectivity index (χ2n) is 2.68. The van der Waals surface area contributed by atoms with Crippen molar-refractivity contribution in [1.82, 2.24) is 9.78 Å². The molecule has 56 valence electrons. The summed E-state index contributed by atoms with van der Waals surface area (Å²) >= 11 is 2.25. The summed E-state index contributed by atoms with van der Waals surface area (Å²) in [6.45, 7) is 6.33. The first-order chi connectivity index (χ1) is 4.61. The second-order valence-corrected chi connectivity index (χ2v) is 3.70. The van der Waals surface area contributed by atoms with E-state index in [9.17, 15) is 0 Å². The highest BCUT2D eigenvalue weighted by Crippen LogP contribution is 2.11. The Morgan fingerprint density at radius 3 is 2.40 bits per heavy atom. The van der Waals surface area contributed by atoms with Crippen molar-refractivity contribution >= 4 is 22.6 Å². The van der Waals surface area contributed by atoms with Crippen molar-refractivity contribution < 1.29 is 0 Å². The van der Waals surface area contributed by atoms with Gasteiger partial charge in [-0.25, -0.2) is 0 Å². The summed E-state index contributed by atoms with van der Waals surface area (Å²) in [6.07, 6.45) is 2.08. The van der Waals surface area contributed by atoms with Crippen LogP contribution < -0.4 is 0 Å². The van der Waals surface area contributed by atoms with Crippen molar-refractivity contribution in [3.8, 4) is 0 Å². The number of hydrogen-bond donors (Lipinski definition) is 0. The van der Waals surface area contributed by atoms with Gasteiger partial charge >= 0.3 is 0 Å². The van der Waals surface area contributed by atoms with Gasteiger partial charge in [-0.1, -0.05) is 0 Å². The molecule has 0 N–H and O–H groups in total. The molecule has 0 amide bonds. The number of hydrogen-bond acceptors (Lipinski definition) is 1. The predicted molar refractivity (Wildman–Crippen MR) is 50.1 cm³/mol. The Labute approximate surface area is 74.8 Å². The Bertz CT molecular complexity index is 208. The molecule has 0 bridgehead atoms. The highest BCUT2D eigenvalue weighted by Gasteiger charge is 2.02. The Balaban J connectivity index is 2.98. The Morgan fingerprint density at radius 1 is 1.60 bits per heavy atom. The third kappa shape index (κ3) is 1.51. The van der Waals surface area contributed by atoms with E-state index in [1.54, 1.807) is 0 Å². The molecule has 0 aromatic carbocycles. The van der Waals surface area contributed by atoms with E-state index in [4.69, 9.17) is 0 Å². The van der Waals surface area contributed by atoms with Gasteiger partial charge in [0.1, 0.15) is 3.70 Å². The van der Waals surface area contributed by atoms with Crippen LogP contribution >= 0.6 is 22.6 Å². The summed E-state index contributed by atoms with van der Waals surface area (Å²) in [5, 5.41) is 4.31. The zero-order chi connectivity index (χ0) is 7.72. The van der Waals surface area contributed by atoms with Crippen LogP contribution in [0.25, 0.3) is 0 Å². The minimum atomic E-state index is 0.474. The van der Waals surface area contributed by atoms with Gasteiger partial charge in [0.25, 0.3) is 0 Å². The van der Waals surface area contributed by atoms with Gasteiger partial charge in [0.2, 0.25) is 0 Å². The van der Waals surface area contributed by atoms with Crippen molar-refractivity contribution in [2.45, 2.75) is 26.8 Å². The molecular formula is C7H11IN2. The molecule has 0 aliphatic carbocycles. The van der Waals surface area contributed by atoms with Crippen LogP contribution in [0.3, 0.4) is 0 Å². The third-order valence-corrected chi connectivity index (χ3v) is 2.45. The van der Waals surface area contributed by atoms with E-state index in [2.05, 4.69) is 54.7 Å². The van der Waals surface area contributed by atoms with Gasteiger partial charge in [-0.05, 0) is 43.4 Å². The predicted octanol–water partition coefficient (Wildman–Crippen LogP) is 2.38. The average molecular weight is 250 g/mol. The van der Waals surface area contributed by atoms with Crippen LogP contribution in [0.2, 0.25) is 0 Å². The SMILES string of the molecule is Cc1cn(C(C)C)nc1I. The number of halogens is 1. The maximum Gasteiger partial charge on any atom is 0.126 e. The van der Waals surface area contributed by atoms with E-state index in [-0.39, 0.29) is 0 Å². The van der Waals surface area contributed by atoms with Crippen molar-refractivity contribution in [3.63, 3.8) is 0 Å². The van der Waals surface area contributed by atoms with Crippen molar-refractivity contribution in [3.05, 3.63) is 15.5 Å². The molecule has 0 fully saturated rings. The summed E-state index contributed by atoms with van der Waals surface area (Å²) < 4.78 is 3.09. The van der Waals surface area contributed by atoms with E-state index in [1.165, 1.54) is 5.56 Å². The third-order valence-electron chi connectivity index (χ3n) is 1.38. The average Bonchev–Trinajstić information content (AvgIpc) is 2.13. The van der Waals surface area contributed by atoms with E-state index in [1.807, 2.05) is 4.68 Å². The maximum atomic E-state index is 4.31. The van der Waals surface area contributed by atoms with E-state index in [0.29, 0.717) is 6.04 Å². The Hall–Kier alpha value is -0.0600. The summed E-state index contributed by atoms with van der Waals surface area (Å²) in [4.78, 5) is 0. The van der Waals surface area contributed by atoms with Crippen LogP contribution in [0.1, 0.15) is 25.5 Å². The molecule has 10 heavy (non-hydrogen) atoms. The molecule has 0 saturated carbocycles. The molecule has 1 rings (SSSR count). The second kappa shape index (κ2) is 2.90. The van der Waals surface area contributed by atoms with Crippen LogP contribution in [0.15, 0.2) is 6.20 Å². The molecule has 0 aliphatic heterocycles. The summed E-state index contributed by atoms with van der Waals surface area (Å²) in [5.74, 6) is 0. The number of aromatic nitrogens is 2. The van der Waals surface area contributed by atoms with Crippen LogP contribution in [-0.2, 0) is 0 Å². The molecular weight excluding hydrogens is 239 g/mol. The number of nitrogens with zero attached hydrogens (tertiary/aromatic N) is 2. The Kier molecular flexibility index (Phi) is 2.33. The fraction of sp³-hybridized carbons (Fsp3) is 0.571. The highest BCUT2D eigenvalue weighted by molar-refractivity contribution is 14.1. The molecule has 1 aromatic rings. The highest BCUT2D eigenvalue weighted by atomic mass is 127. The fourth-order valence-corrected chi connectivity index (χ4v) is 1.11. The normalized spacial score (nSPS) is 10.9. The van der Waals surface area contributed by atoms with Gasteiger partial charge in [0, 0.05) is 17.8 Å². The lowest BCUT2D eigenvalue weighted by atomic mass is 10.4. The van der Waals surface area contributed by atoms with Crippen molar-refractivity contribution in [2.75, 3.05) is 0 Å². The van der Waals surface area contributed by atoms with E-state index in [0.717, 1.165) is 3.70 Å². The van der Waals surface area contributed by atoms with Crippen LogP contribution in [0, 0.1) is 10.6 Å². The van der Waals surface area contributed by atoms with Gasteiger partial charge in [0.05, 0.1) is 0 Å². The van der Waals surface area contributed by atoms with E-state index < -0.39 is 0 Å². The van der Waals surface area contributed by atoms with Gasteiger partial charge < -0.3 is 0 Å². The largest absolute Gasteiger partial charge is 0.269 e. The minimum absolute atomic E-state index is 0.474. The molecule has 1 heterocycles. The number of rotatable bonds is 1. The molecule has 1 aromatic heterocycles. The van der Waals surface area contributed by atoms with Gasteiger partial charge in [0.15, 0.2) is 0 Å². The zero-order valence-corrected chi connectivity index (χ0v) is 8.58. The summed E-state index contributed by atoms with van der Waals surface area (Å²) in [5.41, 5.74) is 1.26. The van der Waals surface area contributed by atoms with Gasteiger partial charge in [-0.3, -0.25) is 4.68 Å². The van der Waals surface area contributed by atoms with Crippen LogP contribution in [0.5, 0.6) is 0 Å². The lowest BCUT2D eigenvalue weighted by molar-refractivity contribution is 0.529. The molecule has 0 spiro atoms. The van der Waals surface area contributed by atoms with Gasteiger partial charge in [-0.15, -0.1) is 0 Å². The maximum absolute atomic E-state index is 4.31. The standard InChI is InChI=1S/C7H11IN2/c1-5(2)10-4-6(3)7(8)9-10/h4-5H,1-3H3. The first-order valence-corrected chi connectivity index (χ1v) is 4.40. The Morgan fingerprint density at radius 2 is 2.20 bits per heavy atom. The van der Waals surface area contributed by atoms with Gasteiger partial charge in [-0.2, -0.15) is 5.10 Å². The number of aryl methyl sites for hydroxylation is 1. The molecule has 0 unspecified atom stereocenters. The monoisotopic (exact) mass is 250 g/mol. The lowest BCUT2D eigenvalue weighted by Crippen LogP contribution is -2.00. The first-order valence-electron chi connectivity index (χ1n) is 3.32. The molecule has 2 nitrogen and oxygen atoms in total. The molecule has 3 heteroatoms. The topological polar surface area (TPSA) is 17.8 Å². The minimum Gasteiger partial charge on any atom is -0.269 e. The molecule has 0 atom stereocenters. The fourth-order valence-electron chi connectivity index (χ4n) is 0.725. The summed E-state index contributed by atoms with van der Waals surface area (Å²) in [6, 6.07) is 0.474. The van der Waals surface area contributed by atoms with Crippen LogP contribution in [-0.4, -0.2) is 9.78 Å². The molecule has 0 saturated heterocycles. The molecule has 0 radical (unpaired) electrons. The molecule has 0 aliphatic rings. The quantitative estimate of drug-likeness (QED) is 0.699. The van der Waals surface area contributed by atoms with Crippen molar-refractivity contribution in [2.24, 2.45) is 0 Å².